The first-order valence-electron chi connectivity index (χ1n) is 23.8. The molecule has 0 radical (unpaired) electrons. The second-order valence-electron chi connectivity index (χ2n) is 13.9. The van der Waals surface area contributed by atoms with Crippen LogP contribution in [0.5, 0.6) is 0 Å². The Bertz CT molecular complexity index is 2680. The lowest BCUT2D eigenvalue weighted by molar-refractivity contribution is 0.600. The fourth-order valence-electron chi connectivity index (χ4n) is 5.81. The summed E-state index contributed by atoms with van der Waals surface area (Å²) in [6, 6.07) is 0. The van der Waals surface area contributed by atoms with Crippen LogP contribution in [0.3, 0.4) is 0 Å². The summed E-state index contributed by atoms with van der Waals surface area (Å²) in [5.74, 6) is 2.24. The van der Waals surface area contributed by atoms with Gasteiger partial charge in [-0.15, -0.1) is 0 Å². The molecule has 7 rings (SSSR count). The Labute approximate surface area is 489 Å². The number of nitrogens with two attached hydrogens (primary N) is 6. The molecule has 0 saturated carbocycles. The molecular formula is C34H37Cl6N29S6. The quantitative estimate of drug-likeness (QED) is 0.0305. The van der Waals surface area contributed by atoms with Crippen molar-refractivity contribution in [1.82, 2.24) is 105 Å². The summed E-state index contributed by atoms with van der Waals surface area (Å²) in [4.78, 5) is 94.0. The summed E-state index contributed by atoms with van der Waals surface area (Å²) in [6.07, 6.45) is 0.821. The van der Waals surface area contributed by atoms with Gasteiger partial charge in [0, 0.05) is 66.6 Å². The maximum Gasteiger partial charge on any atom is 0.230 e. The Kier molecular flexibility index (Phi) is 19.0. The molecule has 0 fully saturated rings. The van der Waals surface area contributed by atoms with Crippen LogP contribution in [0.2, 0.25) is 40.2 Å². The van der Waals surface area contributed by atoms with E-state index in [0.717, 1.165) is 0 Å². The van der Waals surface area contributed by atoms with Crippen LogP contribution in [0.1, 0.15) is 24.6 Å². The molecule has 7 heterocycles. The van der Waals surface area contributed by atoms with Crippen molar-refractivity contribution >= 4 is 188 Å². The number of hydrogen-bond acceptors (Lipinski definition) is 35. The predicted molar refractivity (Wildman–Crippen MR) is 296 cm³/mol. The van der Waals surface area contributed by atoms with Crippen LogP contribution in [0.25, 0.3) is 0 Å². The molecule has 0 spiro atoms. The van der Waals surface area contributed by atoms with Gasteiger partial charge in [-0.3, -0.25) is 0 Å². The highest BCUT2D eigenvalue weighted by Crippen LogP contribution is 2.32. The lowest BCUT2D eigenvalue weighted by atomic mass is 10.0. The van der Waals surface area contributed by atoms with Gasteiger partial charge in [-0.25, -0.2) is 0 Å². The van der Waals surface area contributed by atoms with E-state index in [1.54, 1.807) is 0 Å². The first kappa shape index (κ1) is 49.9. The molecule has 7 aromatic heterocycles. The van der Waals surface area contributed by atoms with Crippen molar-refractivity contribution in [2.75, 3.05) is 105 Å². The Balaban J connectivity index is 1.31. The van der Waals surface area contributed by atoms with Crippen LogP contribution in [-0.4, -0.2) is 165 Å². The minimum absolute atomic E-state index is 0.0408. The van der Waals surface area contributed by atoms with Crippen molar-refractivity contribution in [2.45, 2.75) is 49.7 Å². The van der Waals surface area contributed by atoms with Crippen LogP contribution in [0, 0.1) is 0 Å². The maximum atomic E-state index is 7.59. The van der Waals surface area contributed by atoms with Gasteiger partial charge in [-0.2, -0.15) is 105 Å². The van der Waals surface area contributed by atoms with Crippen molar-refractivity contribution in [3.05, 3.63) is 37.5 Å². The number of thioether (sulfide) groups is 6. The van der Waals surface area contributed by atoms with Gasteiger partial charge in [-0.05, 0) is 82.4 Å². The van der Waals surface area contributed by atoms with Gasteiger partial charge in [0.05, 0.1) is 0 Å². The maximum absolute atomic E-state index is 7.59. The molecule has 0 aromatic carbocycles. The third-order valence-electron chi connectivity index (χ3n) is 8.85. The number of nitrogens with zero attached hydrogens (tertiary/aromatic N) is 23. The Hall–Kier alpha value is -4.69. The standard InChI is InChI=1S/C34H37Cl6N29S6/c35-15-49-21(41)61-29(55-15)70-7-1-13(2-8-71-30-56-16(36)50-22(42)62-30)14-47-27(68(3-9-72-31-57-17(37)51-23(43)63-31)4-10-73-32-58-18(38)52-24(44)64-32)67-28(48-14)69(5-11-74-33-59-19(39)53-25(45)65-33)6-12-75-34-60-20(40)54-26(46)66-34/h13H,1-12H2,(H2,41,49,55,61)(H2,42,50,56,62)(H2,43,51,57,63)(H2,44,52,58,64)(H2,45,53,59,65)(H2,46,54,60,66)/i/hD6. The van der Waals surface area contributed by atoms with Crippen molar-refractivity contribution in [3.8, 4) is 0 Å². The number of aromatic nitrogens is 21. The molecule has 0 atom stereocenters. The Morgan fingerprint density at radius 2 is 0.560 bits per heavy atom. The third kappa shape index (κ3) is 19.4. The highest BCUT2D eigenvalue weighted by molar-refractivity contribution is 8.00. The fourth-order valence-corrected chi connectivity index (χ4v) is 12.0. The van der Waals surface area contributed by atoms with E-state index < -0.39 is 5.92 Å². The first-order valence-corrected chi connectivity index (χ1v) is 29.0. The van der Waals surface area contributed by atoms with Crippen molar-refractivity contribution in [2.24, 2.45) is 0 Å². The molecule has 29 nitrogen and oxygen atoms in total. The minimum Gasteiger partial charge on any atom is -0.368 e. The second-order valence-corrected chi connectivity index (χ2v) is 22.3. The van der Waals surface area contributed by atoms with Gasteiger partial charge in [-0.1, -0.05) is 70.6 Å². The summed E-state index contributed by atoms with van der Waals surface area (Å²) < 4.78 is 45.6. The molecule has 0 amide bonds. The molecule has 12 N–H and O–H groups in total. The first-order chi connectivity index (χ1) is 39.2. The summed E-state index contributed by atoms with van der Waals surface area (Å²) >= 11 is 44.6. The van der Waals surface area contributed by atoms with Gasteiger partial charge in [0.25, 0.3) is 0 Å². The molecule has 0 aliphatic rings. The lowest BCUT2D eigenvalue weighted by Crippen LogP contribution is -2.34. The highest BCUT2D eigenvalue weighted by atomic mass is 35.5. The monoisotopic (exact) mass is 1260 g/mol. The smallest absolute Gasteiger partial charge is 0.230 e. The second kappa shape index (κ2) is 28.6. The summed E-state index contributed by atoms with van der Waals surface area (Å²) in [5, 5.41) is 0.830. The zero-order chi connectivity index (χ0) is 57.7. The van der Waals surface area contributed by atoms with Gasteiger partial charge < -0.3 is 44.2 Å². The minimum atomic E-state index is -0.448. The van der Waals surface area contributed by atoms with Gasteiger partial charge in [0.1, 0.15) is 5.82 Å². The molecule has 41 heteroatoms. The largest absolute Gasteiger partial charge is 0.368 e. The number of hydrogen-bond donors (Lipinski definition) is 6. The molecule has 0 aliphatic heterocycles. The third-order valence-corrected chi connectivity index (χ3v) is 14.9. The van der Waals surface area contributed by atoms with E-state index in [1.807, 2.05) is 9.80 Å². The Morgan fingerprint density at radius 3 is 0.800 bits per heavy atom. The van der Waals surface area contributed by atoms with Crippen LogP contribution < -0.4 is 44.2 Å². The number of anilines is 8. The SMILES string of the molecule is [2H]Nc1nc(Cl)nc(SCCC(CCSc2nc(Cl)nc(N[2H])n2)c2nc(N(CCSc3nc(Cl)nc(N[2H])n3)CCSc3nc(Cl)nc(N[2H])n3)nc(N(CCSc3nc(Cl)nc(N[2H])n3)CCSc3nc(Cl)nc(N[2H])n3)n2)n1. The van der Waals surface area contributed by atoms with Gasteiger partial charge in [0.2, 0.25) is 79.3 Å². The van der Waals surface area contributed by atoms with Crippen molar-refractivity contribution < 1.29 is 8.47 Å². The zero-order valence-corrected chi connectivity index (χ0v) is 47.0. The van der Waals surface area contributed by atoms with Crippen LogP contribution in [-0.2, 0) is 0 Å². The lowest BCUT2D eigenvalue weighted by Gasteiger charge is -2.28. The summed E-state index contributed by atoms with van der Waals surface area (Å²) in [7, 11) is 0. The molecular weight excluding hydrogens is 1220 g/mol. The van der Waals surface area contributed by atoms with E-state index in [-0.39, 0.29) is 136 Å². The highest BCUT2D eigenvalue weighted by Gasteiger charge is 2.25. The van der Waals surface area contributed by atoms with Crippen molar-refractivity contribution in [3.63, 3.8) is 0 Å². The molecule has 0 unspecified atom stereocenters. The Morgan fingerprint density at radius 1 is 0.320 bits per heavy atom. The zero-order valence-electron chi connectivity index (χ0n) is 43.6. The molecule has 7 aromatic rings. The molecule has 75 heavy (non-hydrogen) atoms. The van der Waals surface area contributed by atoms with E-state index >= 15 is 0 Å². The summed E-state index contributed by atoms with van der Waals surface area (Å²) in [6.45, 7) is 1.05. The normalized spacial score (nSPS) is 12.2. The van der Waals surface area contributed by atoms with Crippen molar-refractivity contribution in [1.29, 1.82) is 0 Å². The van der Waals surface area contributed by atoms with Crippen LogP contribution in [0.15, 0.2) is 30.9 Å². The number of halogens is 6. The van der Waals surface area contributed by atoms with E-state index in [2.05, 4.69) is 124 Å². The van der Waals surface area contributed by atoms with E-state index in [9.17, 15) is 0 Å². The number of rotatable bonds is 33. The van der Waals surface area contributed by atoms with E-state index in [0.29, 0.717) is 53.2 Å². The van der Waals surface area contributed by atoms with E-state index in [4.69, 9.17) is 93.0 Å². The average Bonchev–Trinajstić information content (AvgIpc) is 3.55. The molecule has 0 aliphatic carbocycles. The van der Waals surface area contributed by atoms with Gasteiger partial charge >= 0.3 is 0 Å². The van der Waals surface area contributed by atoms with Gasteiger partial charge in [0.15, 0.2) is 39.4 Å². The van der Waals surface area contributed by atoms with E-state index in [1.165, 1.54) is 70.6 Å². The molecule has 0 saturated heterocycles. The molecule has 396 valence electrons. The number of nitrogen functional groups attached to an aromatic ring is 6. The predicted octanol–water partition coefficient (Wildman–Crippen LogP) is 4.63. The summed E-state index contributed by atoms with van der Waals surface area (Å²) in [5.41, 5.74) is 12.9. The van der Waals surface area contributed by atoms with Crippen LogP contribution in [0.4, 0.5) is 47.6 Å². The fraction of sp³-hybridized carbons (Fsp3) is 0.382. The van der Waals surface area contributed by atoms with Crippen LogP contribution >= 0.6 is 140 Å². The molecule has 0 bridgehead atoms. The topological polar surface area (TPSA) is 433 Å². The average molecular weight is 1260 g/mol.